The Labute approximate surface area is 318 Å². The number of carbonyl (C=O) groups excluding carboxylic acids is 4. The van der Waals surface area contributed by atoms with Gasteiger partial charge in [-0.2, -0.15) is 0 Å². The zero-order valence-corrected chi connectivity index (χ0v) is 30.0. The van der Waals surface area contributed by atoms with Crippen molar-refractivity contribution in [3.05, 3.63) is 131 Å². The molecule has 272 valence electrons. The van der Waals surface area contributed by atoms with Crippen molar-refractivity contribution < 1.29 is 33.1 Å². The number of halogens is 2. The fourth-order valence-electron chi connectivity index (χ4n) is 9.79. The first-order valence-electron chi connectivity index (χ1n) is 18.1. The standard InChI is InChI=1S/C44H31ClFN3O6/c1-44-31(41(52)49(43(44)54)24-14-18-33(46)32(45)20-24)21-30-28(38(44)27-17-19-35(50)26-7-3-2-6-25(26)27)15-16-29-37(30)42(53)48(40(29)51)23-12-10-22(11-13-23)39-47-34-8-4-5-9-36(34)55-39/h2-15,17-20,29-31,37-38,50H,16,21H2,1H3. The van der Waals surface area contributed by atoms with Crippen LogP contribution in [0.15, 0.2) is 119 Å². The van der Waals surface area contributed by atoms with Crippen molar-refractivity contribution in [2.45, 2.75) is 25.7 Å². The number of anilines is 2. The molecule has 55 heavy (non-hydrogen) atoms. The van der Waals surface area contributed by atoms with Gasteiger partial charge in [0.05, 0.1) is 39.6 Å². The number of imide groups is 2. The maximum Gasteiger partial charge on any atom is 0.241 e. The van der Waals surface area contributed by atoms with Gasteiger partial charge in [-0.1, -0.05) is 65.7 Å². The highest BCUT2D eigenvalue weighted by Crippen LogP contribution is 2.64. The summed E-state index contributed by atoms with van der Waals surface area (Å²) in [5, 5.41) is 11.9. The summed E-state index contributed by atoms with van der Waals surface area (Å²) in [6.45, 7) is 1.78. The highest BCUT2D eigenvalue weighted by Gasteiger charge is 2.67. The second-order valence-corrected chi connectivity index (χ2v) is 15.4. The maximum atomic E-state index is 14.8. The van der Waals surface area contributed by atoms with Gasteiger partial charge in [0, 0.05) is 16.9 Å². The minimum Gasteiger partial charge on any atom is -0.507 e. The van der Waals surface area contributed by atoms with Crippen LogP contribution in [0, 0.1) is 34.9 Å². The molecule has 6 unspecified atom stereocenters. The van der Waals surface area contributed by atoms with E-state index in [2.05, 4.69) is 4.98 Å². The third-order valence-electron chi connectivity index (χ3n) is 12.3. The Morgan fingerprint density at radius 3 is 2.31 bits per heavy atom. The second-order valence-electron chi connectivity index (χ2n) is 15.0. The smallest absolute Gasteiger partial charge is 0.241 e. The molecule has 3 fully saturated rings. The molecule has 2 aliphatic carbocycles. The summed E-state index contributed by atoms with van der Waals surface area (Å²) in [7, 11) is 0. The third kappa shape index (κ3) is 4.67. The van der Waals surface area contributed by atoms with Crippen molar-refractivity contribution in [1.82, 2.24) is 4.98 Å². The lowest BCUT2D eigenvalue weighted by Gasteiger charge is -2.49. The van der Waals surface area contributed by atoms with Crippen molar-refractivity contribution in [1.29, 1.82) is 0 Å². The van der Waals surface area contributed by atoms with Gasteiger partial charge >= 0.3 is 0 Å². The molecule has 0 bridgehead atoms. The lowest BCUT2D eigenvalue weighted by molar-refractivity contribution is -0.131. The number of nitrogens with zero attached hydrogens (tertiary/aromatic N) is 3. The van der Waals surface area contributed by atoms with Crippen LogP contribution in [0.3, 0.4) is 0 Å². The molecule has 0 radical (unpaired) electrons. The van der Waals surface area contributed by atoms with Crippen molar-refractivity contribution in [3.8, 4) is 17.2 Å². The van der Waals surface area contributed by atoms with Crippen LogP contribution in [0.2, 0.25) is 5.02 Å². The van der Waals surface area contributed by atoms with Crippen LogP contribution < -0.4 is 9.80 Å². The second kappa shape index (κ2) is 11.9. The molecule has 1 N–H and O–H groups in total. The number of aromatic hydroxyl groups is 1. The van der Waals surface area contributed by atoms with E-state index >= 15 is 0 Å². The van der Waals surface area contributed by atoms with E-state index in [1.165, 1.54) is 17.0 Å². The first-order valence-corrected chi connectivity index (χ1v) is 18.5. The number of oxazole rings is 1. The number of phenols is 1. The van der Waals surface area contributed by atoms with E-state index in [0.717, 1.165) is 22.1 Å². The van der Waals surface area contributed by atoms with Crippen LogP contribution in [-0.2, 0) is 19.2 Å². The Balaban J connectivity index is 1.07. The molecule has 1 saturated carbocycles. The highest BCUT2D eigenvalue weighted by molar-refractivity contribution is 6.32. The van der Waals surface area contributed by atoms with Crippen molar-refractivity contribution in [2.75, 3.05) is 9.80 Å². The lowest BCUT2D eigenvalue weighted by Crippen LogP contribution is -2.49. The number of amides is 4. The van der Waals surface area contributed by atoms with E-state index in [4.69, 9.17) is 16.0 Å². The van der Waals surface area contributed by atoms with E-state index in [1.54, 1.807) is 49.4 Å². The van der Waals surface area contributed by atoms with Crippen LogP contribution in [0.4, 0.5) is 15.8 Å². The average molecular weight is 752 g/mol. The number of fused-ring (bicyclic) bond motifs is 6. The molecule has 0 spiro atoms. The van der Waals surface area contributed by atoms with Crippen LogP contribution in [0.1, 0.15) is 31.2 Å². The van der Waals surface area contributed by atoms with Crippen LogP contribution >= 0.6 is 11.6 Å². The number of hydrogen-bond acceptors (Lipinski definition) is 7. The third-order valence-corrected chi connectivity index (χ3v) is 12.6. The zero-order valence-electron chi connectivity index (χ0n) is 29.3. The van der Waals surface area contributed by atoms with Gasteiger partial charge in [-0.3, -0.25) is 24.1 Å². The highest BCUT2D eigenvalue weighted by atomic mass is 35.5. The van der Waals surface area contributed by atoms with Gasteiger partial charge in [0.15, 0.2) is 5.58 Å². The number of carbonyl (C=O) groups is 4. The molecule has 11 heteroatoms. The van der Waals surface area contributed by atoms with Crippen LogP contribution in [0.5, 0.6) is 5.75 Å². The van der Waals surface area contributed by atoms with Gasteiger partial charge < -0.3 is 9.52 Å². The number of hydrogen-bond donors (Lipinski definition) is 1. The zero-order chi connectivity index (χ0) is 37.9. The Bertz CT molecular complexity index is 2670. The minimum absolute atomic E-state index is 0.0665. The first-order chi connectivity index (χ1) is 26.6. The molecular weight excluding hydrogens is 721 g/mol. The predicted octanol–water partition coefficient (Wildman–Crippen LogP) is 8.58. The minimum atomic E-state index is -1.33. The Hall–Kier alpha value is -6.13. The molecule has 4 amide bonds. The van der Waals surface area contributed by atoms with E-state index in [0.29, 0.717) is 39.0 Å². The quantitative estimate of drug-likeness (QED) is 0.142. The summed E-state index contributed by atoms with van der Waals surface area (Å²) < 4.78 is 20.2. The first kappa shape index (κ1) is 33.4. The lowest BCUT2D eigenvalue weighted by atomic mass is 9.51. The van der Waals surface area contributed by atoms with Gasteiger partial charge in [0.2, 0.25) is 29.5 Å². The van der Waals surface area contributed by atoms with E-state index < -0.39 is 52.6 Å². The molecule has 9 nitrogen and oxygen atoms in total. The van der Waals surface area contributed by atoms with Gasteiger partial charge in [0.1, 0.15) is 17.1 Å². The van der Waals surface area contributed by atoms with Gasteiger partial charge in [-0.15, -0.1) is 0 Å². The Morgan fingerprint density at radius 2 is 1.55 bits per heavy atom. The van der Waals surface area contributed by atoms with Gasteiger partial charge in [-0.25, -0.2) is 14.3 Å². The molecule has 2 aliphatic heterocycles. The summed E-state index contributed by atoms with van der Waals surface area (Å²) in [5.41, 5.74) is 2.82. The van der Waals surface area contributed by atoms with E-state index in [-0.39, 0.29) is 41.1 Å². The van der Waals surface area contributed by atoms with Crippen molar-refractivity contribution in [3.63, 3.8) is 0 Å². The molecule has 6 atom stereocenters. The molecule has 4 aliphatic rings. The maximum absolute atomic E-state index is 14.8. The monoisotopic (exact) mass is 751 g/mol. The Morgan fingerprint density at radius 1 is 0.818 bits per heavy atom. The number of allylic oxidation sites excluding steroid dienone is 2. The van der Waals surface area contributed by atoms with Gasteiger partial charge in [0.25, 0.3) is 0 Å². The summed E-state index contributed by atoms with van der Waals surface area (Å²) >= 11 is 6.15. The average Bonchev–Trinajstić information content (AvgIpc) is 3.80. The van der Waals surface area contributed by atoms with Gasteiger partial charge in [-0.05, 0) is 97.3 Å². The number of rotatable bonds is 4. The summed E-state index contributed by atoms with van der Waals surface area (Å²) in [6.07, 6.45) is 2.40. The topological polar surface area (TPSA) is 121 Å². The predicted molar refractivity (Wildman–Crippen MR) is 204 cm³/mol. The molecule has 3 heterocycles. The Kier molecular flexibility index (Phi) is 7.26. The van der Waals surface area contributed by atoms with Crippen LogP contribution in [0.25, 0.3) is 33.3 Å². The number of benzene rings is 5. The number of phenolic OH excluding ortho intramolecular Hbond substituents is 1. The molecule has 10 rings (SSSR count). The fourth-order valence-corrected chi connectivity index (χ4v) is 9.97. The molecule has 5 aromatic carbocycles. The summed E-state index contributed by atoms with van der Waals surface area (Å²) in [5.74, 6) is -5.43. The summed E-state index contributed by atoms with van der Waals surface area (Å²) in [4.78, 5) is 65.2. The van der Waals surface area contributed by atoms with Crippen molar-refractivity contribution in [2.24, 2.45) is 29.1 Å². The number of para-hydroxylation sites is 2. The fraction of sp³-hybridized carbons (Fsp3) is 0.205. The largest absolute Gasteiger partial charge is 0.507 e. The SMILES string of the molecule is CC12C(=O)N(c3ccc(F)c(Cl)c3)C(=O)C1CC1C(=CCC3C(=O)N(c4ccc(-c5nc6ccccc6o5)cc4)C(=O)C31)C2c1ccc(O)c2ccccc12. The molecule has 2 saturated heterocycles. The molecule has 6 aromatic rings. The van der Waals surface area contributed by atoms with Crippen molar-refractivity contribution >= 4 is 68.5 Å². The number of aromatic nitrogens is 1. The summed E-state index contributed by atoms with van der Waals surface area (Å²) in [6, 6.07) is 28.8. The normalized spacial score (nSPS) is 26.1. The van der Waals surface area contributed by atoms with E-state index in [9.17, 15) is 28.7 Å². The van der Waals surface area contributed by atoms with E-state index in [1.807, 2.05) is 48.5 Å². The molecular formula is C44H31ClFN3O6. The van der Waals surface area contributed by atoms with Crippen LogP contribution in [-0.4, -0.2) is 33.7 Å². The molecule has 1 aromatic heterocycles.